The Bertz CT molecular complexity index is 1210. The second-order valence-electron chi connectivity index (χ2n) is 9.80. The van der Waals surface area contributed by atoms with Crippen molar-refractivity contribution in [1.82, 2.24) is 9.55 Å². The third-order valence-electron chi connectivity index (χ3n) is 6.58. The monoisotopic (exact) mass is 529 g/mol. The molecule has 3 atom stereocenters. The summed E-state index contributed by atoms with van der Waals surface area (Å²) in [5, 5.41) is 12.5. The number of carboxylic acids is 1. The van der Waals surface area contributed by atoms with Crippen molar-refractivity contribution in [3.63, 3.8) is 0 Å². The van der Waals surface area contributed by atoms with E-state index >= 15 is 0 Å². The minimum Gasteiger partial charge on any atom is -0.481 e. The van der Waals surface area contributed by atoms with Crippen LogP contribution in [0.15, 0.2) is 22.1 Å². The second kappa shape index (κ2) is 13.9. The number of hydrogen-bond acceptors (Lipinski definition) is 9. The molecule has 2 aromatic heterocycles. The topological polar surface area (TPSA) is 158 Å². The summed E-state index contributed by atoms with van der Waals surface area (Å²) >= 11 is 0. The molecule has 0 aromatic carbocycles. The molecule has 0 spiro atoms. The van der Waals surface area contributed by atoms with Gasteiger partial charge in [0.05, 0.1) is 17.8 Å². The van der Waals surface area contributed by atoms with Gasteiger partial charge in [-0.2, -0.15) is 4.98 Å². The number of aliphatic carboxylic acids is 1. The lowest BCUT2D eigenvalue weighted by Crippen LogP contribution is -2.19. The maximum Gasteiger partial charge on any atom is 0.305 e. The van der Waals surface area contributed by atoms with E-state index in [0.29, 0.717) is 40.9 Å². The lowest BCUT2D eigenvalue weighted by molar-refractivity contribution is -0.148. The Labute approximate surface area is 222 Å². The van der Waals surface area contributed by atoms with E-state index in [1.807, 2.05) is 10.8 Å². The van der Waals surface area contributed by atoms with E-state index in [-0.39, 0.29) is 30.8 Å². The first-order valence-corrected chi connectivity index (χ1v) is 13.4. The standard InChI is InChI=1S/C21H27N5O4.C6H12O2/c1-3-4-5-6-17(28)29-10-13-7-12(2)21(30-13)26-9-14-15(22)8-16(27)25-19-18(14)20(26)24-11-23-19;1-2-3-4-5-6(7)8/h8-9,11-13,21H,3-7,10,22H2,1-2H3,(H,23,24,25,27);2-5H2,1H3,(H,7,8). The number of rotatable bonds is 11. The number of ether oxygens (including phenoxy) is 2. The van der Waals surface area contributed by atoms with E-state index in [1.54, 1.807) is 0 Å². The van der Waals surface area contributed by atoms with Crippen LogP contribution in [0.3, 0.4) is 0 Å². The molecule has 38 heavy (non-hydrogen) atoms. The fraction of sp³-hybridized carbons (Fsp3) is 0.593. The molecule has 4 heterocycles. The maximum absolute atomic E-state index is 11.9. The lowest BCUT2D eigenvalue weighted by atomic mass is 10.1. The van der Waals surface area contributed by atoms with E-state index in [0.717, 1.165) is 44.9 Å². The number of hydrogen-bond donors (Lipinski definition) is 3. The average molecular weight is 530 g/mol. The Hall–Kier alpha value is -3.47. The summed E-state index contributed by atoms with van der Waals surface area (Å²) in [6.07, 6.45) is 10.3. The Morgan fingerprint density at radius 3 is 2.61 bits per heavy atom. The number of nitrogens with two attached hydrogens (primary N) is 1. The second-order valence-corrected chi connectivity index (χ2v) is 9.80. The first-order valence-electron chi connectivity index (χ1n) is 13.4. The lowest BCUT2D eigenvalue weighted by Gasteiger charge is -2.20. The van der Waals surface area contributed by atoms with Gasteiger partial charge in [-0.3, -0.25) is 14.4 Å². The molecular formula is C27H39N5O6. The third kappa shape index (κ3) is 7.53. The number of carbonyl (C=O) groups excluding carboxylic acids is 1. The summed E-state index contributed by atoms with van der Waals surface area (Å²) in [5.41, 5.74) is 6.06. The normalized spacial score (nSPS) is 19.5. The molecule has 4 N–H and O–H groups in total. The van der Waals surface area contributed by atoms with Gasteiger partial charge >= 0.3 is 11.9 Å². The van der Waals surface area contributed by atoms with Crippen LogP contribution in [0.4, 0.5) is 17.3 Å². The van der Waals surface area contributed by atoms with Gasteiger partial charge in [0.2, 0.25) is 0 Å². The van der Waals surface area contributed by atoms with Gasteiger partial charge in [0, 0.05) is 42.1 Å². The molecule has 0 saturated carbocycles. The number of aromatic nitrogens is 2. The van der Waals surface area contributed by atoms with Gasteiger partial charge in [0.15, 0.2) is 0 Å². The van der Waals surface area contributed by atoms with Gasteiger partial charge in [-0.1, -0.05) is 46.5 Å². The van der Waals surface area contributed by atoms with E-state index in [9.17, 15) is 14.4 Å². The Morgan fingerprint density at radius 2 is 1.92 bits per heavy atom. The predicted molar refractivity (Wildman–Crippen MR) is 147 cm³/mol. The Kier molecular flexibility index (Phi) is 10.6. The van der Waals surface area contributed by atoms with Crippen molar-refractivity contribution < 1.29 is 24.2 Å². The fourth-order valence-corrected chi connectivity index (χ4v) is 4.63. The van der Waals surface area contributed by atoms with Gasteiger partial charge in [-0.05, 0) is 19.3 Å². The average Bonchev–Trinajstić information content (AvgIpc) is 3.40. The zero-order chi connectivity index (χ0) is 27.7. The number of carbonyl (C=O) groups is 2. The molecule has 11 heteroatoms. The summed E-state index contributed by atoms with van der Waals surface area (Å²) in [5.74, 6) is 0.392. The number of unbranched alkanes of at least 4 members (excludes halogenated alkanes) is 4. The molecule has 3 unspecified atom stereocenters. The van der Waals surface area contributed by atoms with Crippen molar-refractivity contribution in [3.8, 4) is 0 Å². The van der Waals surface area contributed by atoms with Crippen LogP contribution in [0.1, 0.15) is 84.8 Å². The van der Waals surface area contributed by atoms with Crippen LogP contribution in [-0.2, 0) is 19.1 Å². The Balaban J connectivity index is 0.000000436. The molecule has 2 aliphatic rings. The van der Waals surface area contributed by atoms with Crippen LogP contribution in [0.2, 0.25) is 0 Å². The number of nitrogens with one attached hydrogen (secondary N) is 1. The van der Waals surface area contributed by atoms with Crippen molar-refractivity contribution in [2.24, 2.45) is 10.9 Å². The minimum atomic E-state index is -0.682. The van der Waals surface area contributed by atoms with Crippen molar-refractivity contribution in [2.45, 2.75) is 90.9 Å². The van der Waals surface area contributed by atoms with Gasteiger partial charge in [-0.25, -0.2) is 4.99 Å². The van der Waals surface area contributed by atoms with Gasteiger partial charge in [0.1, 0.15) is 24.5 Å². The molecule has 0 bridgehead atoms. The highest BCUT2D eigenvalue weighted by atomic mass is 16.6. The molecule has 0 aliphatic carbocycles. The third-order valence-corrected chi connectivity index (χ3v) is 6.58. The van der Waals surface area contributed by atoms with Crippen molar-refractivity contribution in [1.29, 1.82) is 0 Å². The van der Waals surface area contributed by atoms with Crippen molar-refractivity contribution in [2.75, 3.05) is 17.7 Å². The van der Waals surface area contributed by atoms with Crippen molar-refractivity contribution >= 4 is 46.4 Å². The fourth-order valence-electron chi connectivity index (χ4n) is 4.63. The van der Waals surface area contributed by atoms with E-state index < -0.39 is 11.5 Å². The van der Waals surface area contributed by atoms with E-state index in [4.69, 9.17) is 20.3 Å². The van der Waals surface area contributed by atoms with E-state index in [2.05, 4.69) is 36.1 Å². The number of nitrogen functional groups attached to an aromatic ring is 1. The largest absolute Gasteiger partial charge is 0.481 e. The van der Waals surface area contributed by atoms with Crippen LogP contribution < -0.4 is 16.6 Å². The number of nitrogens with zero attached hydrogens (tertiary/aromatic N) is 3. The zero-order valence-corrected chi connectivity index (χ0v) is 22.4. The highest BCUT2D eigenvalue weighted by molar-refractivity contribution is 6.10. The number of anilines is 2. The minimum absolute atomic E-state index is 0.176. The molecule has 1 saturated heterocycles. The number of esters is 1. The molecule has 208 valence electrons. The first kappa shape index (κ1) is 29.1. The van der Waals surface area contributed by atoms with Crippen LogP contribution in [0, 0.1) is 5.92 Å². The Morgan fingerprint density at radius 1 is 1.21 bits per heavy atom. The number of carboxylic acid groups (broad SMARTS) is 1. The summed E-state index contributed by atoms with van der Waals surface area (Å²) in [7, 11) is 0. The molecule has 11 nitrogen and oxygen atoms in total. The summed E-state index contributed by atoms with van der Waals surface area (Å²) in [6.45, 7) is 6.50. The van der Waals surface area contributed by atoms with Gasteiger partial charge < -0.3 is 30.2 Å². The smallest absolute Gasteiger partial charge is 0.305 e. The van der Waals surface area contributed by atoms with Crippen LogP contribution >= 0.6 is 0 Å². The maximum atomic E-state index is 11.9. The molecule has 0 radical (unpaired) electrons. The molecule has 1 fully saturated rings. The zero-order valence-electron chi connectivity index (χ0n) is 22.4. The van der Waals surface area contributed by atoms with Gasteiger partial charge in [0.25, 0.3) is 5.56 Å². The van der Waals surface area contributed by atoms with Gasteiger partial charge in [-0.15, -0.1) is 0 Å². The first-order chi connectivity index (χ1) is 18.2. The summed E-state index contributed by atoms with van der Waals surface area (Å²) < 4.78 is 13.6. The van der Waals surface area contributed by atoms with E-state index in [1.165, 1.54) is 12.4 Å². The summed E-state index contributed by atoms with van der Waals surface area (Å²) in [4.78, 5) is 42.2. The molecule has 2 aliphatic heterocycles. The number of aliphatic imine (C=N–C) groups is 1. The SMILES string of the molecule is CCCCCC(=O)O.CCCCCC(=O)OCC1CC(C)C(n2cc3c(N)cc(=O)nc4c3c2N=CN4)O1. The highest BCUT2D eigenvalue weighted by Gasteiger charge is 2.36. The quantitative estimate of drug-likeness (QED) is 0.275. The van der Waals surface area contributed by atoms with Crippen molar-refractivity contribution in [3.05, 3.63) is 22.6 Å². The van der Waals surface area contributed by atoms with Crippen LogP contribution in [-0.4, -0.2) is 45.6 Å². The predicted octanol–water partition coefficient (Wildman–Crippen LogP) is 4.76. The summed E-state index contributed by atoms with van der Waals surface area (Å²) in [6, 6.07) is 1.31. The highest BCUT2D eigenvalue weighted by Crippen LogP contribution is 2.43. The van der Waals surface area contributed by atoms with Crippen LogP contribution in [0.25, 0.3) is 10.8 Å². The molecule has 2 aromatic rings. The molecule has 0 amide bonds. The molecule has 4 rings (SSSR count). The molecular weight excluding hydrogens is 490 g/mol. The van der Waals surface area contributed by atoms with Crippen LogP contribution in [0.5, 0.6) is 0 Å².